The first-order chi connectivity index (χ1) is 9.97. The highest BCUT2D eigenvalue weighted by Gasteiger charge is 2.35. The molecule has 2 amide bonds. The fourth-order valence-corrected chi connectivity index (χ4v) is 2.92. The topological polar surface area (TPSA) is 87.6 Å². The molecule has 3 rings (SSSR count). The van der Waals surface area contributed by atoms with Crippen LogP contribution in [-0.4, -0.2) is 32.8 Å². The van der Waals surface area contributed by atoms with Crippen LogP contribution in [0.15, 0.2) is 23.6 Å². The van der Waals surface area contributed by atoms with Crippen LogP contribution in [0.3, 0.4) is 0 Å². The first-order valence-corrected chi connectivity index (χ1v) is 7.00. The van der Waals surface area contributed by atoms with E-state index in [1.807, 2.05) is 6.92 Å². The fourth-order valence-electron chi connectivity index (χ4n) is 2.17. The van der Waals surface area contributed by atoms with Crippen LogP contribution in [0.5, 0.6) is 0 Å². The van der Waals surface area contributed by atoms with E-state index in [-0.39, 0.29) is 24.1 Å². The van der Waals surface area contributed by atoms with E-state index in [9.17, 15) is 14.4 Å². The molecule has 0 atom stereocenters. The summed E-state index contributed by atoms with van der Waals surface area (Å²) in [5, 5.41) is 10.6. The van der Waals surface area contributed by atoms with E-state index in [4.69, 9.17) is 5.11 Å². The molecule has 0 fully saturated rings. The number of nitrogens with zero attached hydrogens (tertiary/aromatic N) is 2. The van der Waals surface area contributed by atoms with Gasteiger partial charge in [0.2, 0.25) is 0 Å². The highest BCUT2D eigenvalue weighted by molar-refractivity contribution is 7.09. The number of aromatic carboxylic acids is 1. The molecule has 0 aliphatic carbocycles. The average Bonchev–Trinajstić information content (AvgIpc) is 2.99. The zero-order chi connectivity index (χ0) is 15.1. The van der Waals surface area contributed by atoms with Crippen LogP contribution in [-0.2, 0) is 6.54 Å². The van der Waals surface area contributed by atoms with Crippen LogP contribution in [0, 0.1) is 6.92 Å². The number of benzene rings is 1. The standard InChI is InChI=1S/C14H10N2O4S/c1-7-2-3-8-9(4-7)13(18)16(12(8)17)5-11-15-10(6-21-11)14(19)20/h2-4,6H,5H2,1H3,(H,19,20). The molecule has 0 radical (unpaired) electrons. The van der Waals surface area contributed by atoms with Crippen molar-refractivity contribution in [3.63, 3.8) is 0 Å². The van der Waals surface area contributed by atoms with Gasteiger partial charge in [-0.05, 0) is 19.1 Å². The average molecular weight is 302 g/mol. The van der Waals surface area contributed by atoms with E-state index in [1.165, 1.54) is 5.38 Å². The van der Waals surface area contributed by atoms with Crippen LogP contribution in [0.4, 0.5) is 0 Å². The highest BCUT2D eigenvalue weighted by Crippen LogP contribution is 2.26. The normalized spacial score (nSPS) is 13.7. The Morgan fingerprint density at radius 1 is 1.29 bits per heavy atom. The van der Waals surface area contributed by atoms with E-state index in [1.54, 1.807) is 18.2 Å². The Morgan fingerprint density at radius 2 is 2.00 bits per heavy atom. The van der Waals surface area contributed by atoms with Gasteiger partial charge in [0.05, 0.1) is 17.7 Å². The van der Waals surface area contributed by atoms with Crippen LogP contribution in [0.1, 0.15) is 41.8 Å². The van der Waals surface area contributed by atoms with Gasteiger partial charge in [-0.15, -0.1) is 11.3 Å². The van der Waals surface area contributed by atoms with Crippen molar-refractivity contribution in [2.75, 3.05) is 0 Å². The molecule has 1 aliphatic heterocycles. The summed E-state index contributed by atoms with van der Waals surface area (Å²) < 4.78 is 0. The monoisotopic (exact) mass is 302 g/mol. The Balaban J connectivity index is 1.89. The fraction of sp³-hybridized carbons (Fsp3) is 0.143. The summed E-state index contributed by atoms with van der Waals surface area (Å²) in [6, 6.07) is 5.09. The largest absolute Gasteiger partial charge is 0.476 e. The third-order valence-electron chi connectivity index (χ3n) is 3.19. The van der Waals surface area contributed by atoms with Crippen molar-refractivity contribution >= 4 is 29.1 Å². The van der Waals surface area contributed by atoms with Gasteiger partial charge in [-0.2, -0.15) is 0 Å². The molecule has 7 heteroatoms. The molecule has 6 nitrogen and oxygen atoms in total. The summed E-state index contributed by atoms with van der Waals surface area (Å²) in [7, 11) is 0. The van der Waals surface area contributed by atoms with Gasteiger partial charge in [-0.25, -0.2) is 9.78 Å². The number of thiazole rings is 1. The number of rotatable bonds is 3. The van der Waals surface area contributed by atoms with Gasteiger partial charge in [0.15, 0.2) is 5.69 Å². The molecule has 0 bridgehead atoms. The van der Waals surface area contributed by atoms with E-state index >= 15 is 0 Å². The quantitative estimate of drug-likeness (QED) is 0.875. The Bertz CT molecular complexity index is 781. The van der Waals surface area contributed by atoms with Gasteiger partial charge in [0.25, 0.3) is 11.8 Å². The number of fused-ring (bicyclic) bond motifs is 1. The maximum Gasteiger partial charge on any atom is 0.355 e. The molecule has 1 N–H and O–H groups in total. The molecule has 106 valence electrons. The maximum atomic E-state index is 12.3. The lowest BCUT2D eigenvalue weighted by Gasteiger charge is -2.11. The number of hydrogen-bond donors (Lipinski definition) is 1. The Hall–Kier alpha value is -2.54. The van der Waals surface area contributed by atoms with Gasteiger partial charge in [0, 0.05) is 5.38 Å². The van der Waals surface area contributed by atoms with Crippen LogP contribution in [0.25, 0.3) is 0 Å². The van der Waals surface area contributed by atoms with E-state index < -0.39 is 5.97 Å². The minimum atomic E-state index is -1.13. The number of carboxylic acid groups (broad SMARTS) is 1. The summed E-state index contributed by atoms with van der Waals surface area (Å²) in [5.74, 6) is -1.87. The maximum absolute atomic E-state index is 12.3. The van der Waals surface area contributed by atoms with Crippen LogP contribution in [0.2, 0.25) is 0 Å². The number of aryl methyl sites for hydroxylation is 1. The lowest BCUT2D eigenvalue weighted by Crippen LogP contribution is -2.29. The minimum Gasteiger partial charge on any atom is -0.476 e. The molecule has 0 saturated carbocycles. The zero-order valence-electron chi connectivity index (χ0n) is 11.0. The minimum absolute atomic E-state index is 0.0106. The van der Waals surface area contributed by atoms with Crippen LogP contribution >= 0.6 is 11.3 Å². The third-order valence-corrected chi connectivity index (χ3v) is 4.02. The third kappa shape index (κ3) is 2.21. The number of aromatic nitrogens is 1. The summed E-state index contributed by atoms with van der Waals surface area (Å²) in [5.41, 5.74) is 1.58. The molecule has 21 heavy (non-hydrogen) atoms. The van der Waals surface area contributed by atoms with Gasteiger partial charge in [-0.1, -0.05) is 11.6 Å². The molecule has 0 unspecified atom stereocenters. The zero-order valence-corrected chi connectivity index (χ0v) is 11.8. The number of amides is 2. The first kappa shape index (κ1) is 13.4. The molecule has 1 aromatic heterocycles. The van der Waals surface area contributed by atoms with Crippen molar-refractivity contribution in [2.45, 2.75) is 13.5 Å². The SMILES string of the molecule is Cc1ccc2c(c1)C(=O)N(Cc1nc(C(=O)O)cs1)C2=O. The lowest BCUT2D eigenvalue weighted by atomic mass is 10.1. The molecular weight excluding hydrogens is 292 g/mol. The van der Waals surface area contributed by atoms with Crippen molar-refractivity contribution in [3.05, 3.63) is 51.0 Å². The number of hydrogen-bond acceptors (Lipinski definition) is 5. The number of imide groups is 1. The highest BCUT2D eigenvalue weighted by atomic mass is 32.1. The molecule has 2 aromatic rings. The predicted molar refractivity (Wildman–Crippen MR) is 74.5 cm³/mol. The second-order valence-electron chi connectivity index (χ2n) is 4.68. The molecule has 0 saturated heterocycles. The van der Waals surface area contributed by atoms with E-state index in [0.29, 0.717) is 16.1 Å². The number of carboxylic acids is 1. The Morgan fingerprint density at radius 3 is 2.67 bits per heavy atom. The number of carbonyl (C=O) groups is 3. The summed E-state index contributed by atoms with van der Waals surface area (Å²) >= 11 is 1.11. The first-order valence-electron chi connectivity index (χ1n) is 6.12. The smallest absolute Gasteiger partial charge is 0.355 e. The molecule has 1 aliphatic rings. The lowest BCUT2D eigenvalue weighted by molar-refractivity contribution is 0.0641. The van der Waals surface area contributed by atoms with Gasteiger partial charge in [-0.3, -0.25) is 14.5 Å². The molecular formula is C14H10N2O4S. The summed E-state index contributed by atoms with van der Waals surface area (Å²) in [4.78, 5) is 40.3. The molecule has 0 spiro atoms. The van der Waals surface area contributed by atoms with Gasteiger partial charge in [0.1, 0.15) is 5.01 Å². The van der Waals surface area contributed by atoms with E-state index in [2.05, 4.69) is 4.98 Å². The Labute approximate surface area is 123 Å². The van der Waals surface area contributed by atoms with Crippen molar-refractivity contribution in [1.82, 2.24) is 9.88 Å². The second kappa shape index (κ2) is 4.78. The second-order valence-corrected chi connectivity index (χ2v) is 5.62. The van der Waals surface area contributed by atoms with Crippen LogP contribution < -0.4 is 0 Å². The van der Waals surface area contributed by atoms with Gasteiger partial charge < -0.3 is 5.11 Å². The van der Waals surface area contributed by atoms with E-state index in [0.717, 1.165) is 21.8 Å². The van der Waals surface area contributed by atoms with Crippen molar-refractivity contribution < 1.29 is 19.5 Å². The predicted octanol–water partition coefficient (Wildman–Crippen LogP) is 1.95. The van der Waals surface area contributed by atoms with Gasteiger partial charge >= 0.3 is 5.97 Å². The van der Waals surface area contributed by atoms with Crippen molar-refractivity contribution in [1.29, 1.82) is 0 Å². The summed E-state index contributed by atoms with van der Waals surface area (Å²) in [6.07, 6.45) is 0. The molecule has 2 heterocycles. The Kier molecular flexibility index (Phi) is 3.06. The molecule has 1 aromatic carbocycles. The summed E-state index contributed by atoms with van der Waals surface area (Å²) in [6.45, 7) is 1.84. The van der Waals surface area contributed by atoms with Crippen molar-refractivity contribution in [2.24, 2.45) is 0 Å². The van der Waals surface area contributed by atoms with Crippen molar-refractivity contribution in [3.8, 4) is 0 Å². The number of carbonyl (C=O) groups excluding carboxylic acids is 2.